The average Bonchev–Trinajstić information content (AvgIpc) is 2.81. The number of aliphatic carboxylic acids is 1. The number of carbonyl (C=O) groups is 2. The molecule has 2 rings (SSSR count). The largest absolute Gasteiger partial charge is 0.481 e. The molecule has 1 aromatic rings. The van der Waals surface area contributed by atoms with E-state index in [9.17, 15) is 14.7 Å². The molecule has 116 valence electrons. The molecule has 1 aliphatic rings. The zero-order valence-corrected chi connectivity index (χ0v) is 12.8. The second kappa shape index (κ2) is 5.50. The van der Waals surface area contributed by atoms with Crippen LogP contribution < -0.4 is 5.32 Å². The lowest BCUT2D eigenvalue weighted by molar-refractivity contribution is -0.150. The van der Waals surface area contributed by atoms with Gasteiger partial charge in [-0.05, 0) is 31.1 Å². The Morgan fingerprint density at radius 2 is 2.10 bits per heavy atom. The number of nitrogens with zero attached hydrogens (tertiary/aromatic N) is 1. The quantitative estimate of drug-likeness (QED) is 0.892. The number of carboxylic acid groups (broad SMARTS) is 1. The van der Waals surface area contributed by atoms with Crippen LogP contribution in [0.25, 0.3) is 0 Å². The van der Waals surface area contributed by atoms with Gasteiger partial charge in [0.05, 0.1) is 11.6 Å². The van der Waals surface area contributed by atoms with Crippen molar-refractivity contribution in [3.8, 4) is 0 Å². The summed E-state index contributed by atoms with van der Waals surface area (Å²) in [6, 6.07) is -0.0624. The van der Waals surface area contributed by atoms with E-state index in [2.05, 4.69) is 10.3 Å². The highest BCUT2D eigenvalue weighted by Gasteiger charge is 2.46. The first kappa shape index (κ1) is 15.5. The van der Waals surface area contributed by atoms with Crippen LogP contribution in [0.15, 0.2) is 10.8 Å². The minimum absolute atomic E-state index is 0.0551. The molecule has 1 fully saturated rings. The van der Waals surface area contributed by atoms with Crippen molar-refractivity contribution in [1.29, 1.82) is 0 Å². The Hall–Kier alpha value is -1.85. The number of carboxylic acids is 1. The van der Waals surface area contributed by atoms with Crippen LogP contribution in [0.2, 0.25) is 0 Å². The summed E-state index contributed by atoms with van der Waals surface area (Å²) >= 11 is 0. The Morgan fingerprint density at radius 3 is 2.62 bits per heavy atom. The Labute approximate surface area is 123 Å². The van der Waals surface area contributed by atoms with Gasteiger partial charge in [0.25, 0.3) is 5.91 Å². The summed E-state index contributed by atoms with van der Waals surface area (Å²) in [6.07, 6.45) is 2.46. The number of carbonyl (C=O) groups excluding carboxylic acids is 1. The Morgan fingerprint density at radius 1 is 1.43 bits per heavy atom. The van der Waals surface area contributed by atoms with Gasteiger partial charge in [-0.2, -0.15) is 0 Å². The van der Waals surface area contributed by atoms with Crippen LogP contribution in [0.1, 0.15) is 49.9 Å². The fourth-order valence-corrected chi connectivity index (χ4v) is 3.20. The fourth-order valence-electron chi connectivity index (χ4n) is 3.20. The van der Waals surface area contributed by atoms with Crippen LogP contribution >= 0.6 is 0 Å². The first-order valence-electron chi connectivity index (χ1n) is 7.19. The van der Waals surface area contributed by atoms with E-state index in [0.29, 0.717) is 18.5 Å². The van der Waals surface area contributed by atoms with Crippen LogP contribution in [0.3, 0.4) is 0 Å². The summed E-state index contributed by atoms with van der Waals surface area (Å²) in [5, 5.41) is 12.3. The van der Waals surface area contributed by atoms with E-state index >= 15 is 0 Å². The predicted octanol–water partition coefficient (Wildman–Crippen LogP) is 2.24. The number of amides is 1. The molecule has 0 aliphatic heterocycles. The normalized spacial score (nSPS) is 28.1. The molecule has 6 nitrogen and oxygen atoms in total. The number of rotatable bonds is 3. The lowest BCUT2D eigenvalue weighted by atomic mass is 9.61. The molecule has 3 atom stereocenters. The summed E-state index contributed by atoms with van der Waals surface area (Å²) in [7, 11) is 0. The van der Waals surface area contributed by atoms with Gasteiger partial charge in [0.2, 0.25) is 5.76 Å². The molecule has 6 heteroatoms. The molecule has 2 N–H and O–H groups in total. The standard InChI is InChI=1S/C15H22N2O4/c1-8-11(6-5-10(14(19)20)15(8,3)4)17-13(18)12-9(2)16-7-21-12/h7-8,10-11H,5-6H2,1-4H3,(H,17,18)(H,19,20). The molecular weight excluding hydrogens is 272 g/mol. The number of aryl methyl sites for hydroxylation is 1. The zero-order chi connectivity index (χ0) is 15.8. The molecule has 0 aromatic carbocycles. The second-order valence-electron chi connectivity index (χ2n) is 6.43. The smallest absolute Gasteiger partial charge is 0.307 e. The van der Waals surface area contributed by atoms with E-state index in [1.807, 2.05) is 20.8 Å². The van der Waals surface area contributed by atoms with Crippen molar-refractivity contribution in [3.05, 3.63) is 17.8 Å². The first-order chi connectivity index (χ1) is 9.75. The van der Waals surface area contributed by atoms with Crippen molar-refractivity contribution < 1.29 is 19.1 Å². The third-order valence-electron chi connectivity index (χ3n) is 5.01. The highest BCUT2D eigenvalue weighted by Crippen LogP contribution is 2.45. The molecular formula is C15H22N2O4. The van der Waals surface area contributed by atoms with Gasteiger partial charge in [-0.1, -0.05) is 20.8 Å². The molecule has 0 bridgehead atoms. The zero-order valence-electron chi connectivity index (χ0n) is 12.8. The van der Waals surface area contributed by atoms with Crippen LogP contribution in [0.5, 0.6) is 0 Å². The van der Waals surface area contributed by atoms with E-state index in [0.717, 1.165) is 0 Å². The van der Waals surface area contributed by atoms with E-state index < -0.39 is 5.97 Å². The monoisotopic (exact) mass is 294 g/mol. The van der Waals surface area contributed by atoms with Crippen LogP contribution in [0, 0.1) is 24.2 Å². The molecule has 0 radical (unpaired) electrons. The van der Waals surface area contributed by atoms with E-state index in [-0.39, 0.29) is 35.0 Å². The lowest BCUT2D eigenvalue weighted by Crippen LogP contribution is -2.52. The van der Waals surface area contributed by atoms with Gasteiger partial charge in [0.1, 0.15) is 0 Å². The van der Waals surface area contributed by atoms with Gasteiger partial charge >= 0.3 is 5.97 Å². The minimum Gasteiger partial charge on any atom is -0.481 e. The van der Waals surface area contributed by atoms with Crippen molar-refractivity contribution in [3.63, 3.8) is 0 Å². The summed E-state index contributed by atoms with van der Waals surface area (Å²) in [5.41, 5.74) is 0.178. The van der Waals surface area contributed by atoms with Gasteiger partial charge in [0.15, 0.2) is 6.39 Å². The number of oxazole rings is 1. The van der Waals surface area contributed by atoms with Crippen LogP contribution in [0.4, 0.5) is 0 Å². The molecule has 1 heterocycles. The van der Waals surface area contributed by atoms with Gasteiger partial charge in [-0.25, -0.2) is 4.98 Å². The Kier molecular flexibility index (Phi) is 4.07. The number of hydrogen-bond acceptors (Lipinski definition) is 4. The highest BCUT2D eigenvalue weighted by atomic mass is 16.4. The van der Waals surface area contributed by atoms with Crippen molar-refractivity contribution in [2.24, 2.45) is 17.3 Å². The van der Waals surface area contributed by atoms with Crippen molar-refractivity contribution in [2.75, 3.05) is 0 Å². The molecule has 1 saturated carbocycles. The molecule has 0 spiro atoms. The van der Waals surface area contributed by atoms with E-state index in [4.69, 9.17) is 4.42 Å². The Bertz CT molecular complexity index is 550. The van der Waals surface area contributed by atoms with Gasteiger partial charge in [-0.15, -0.1) is 0 Å². The second-order valence-corrected chi connectivity index (χ2v) is 6.43. The van der Waals surface area contributed by atoms with E-state index in [1.54, 1.807) is 6.92 Å². The molecule has 1 aromatic heterocycles. The van der Waals surface area contributed by atoms with Crippen molar-refractivity contribution >= 4 is 11.9 Å². The van der Waals surface area contributed by atoms with Gasteiger partial charge in [0, 0.05) is 6.04 Å². The molecule has 21 heavy (non-hydrogen) atoms. The highest BCUT2D eigenvalue weighted by molar-refractivity contribution is 5.92. The predicted molar refractivity (Wildman–Crippen MR) is 75.8 cm³/mol. The maximum Gasteiger partial charge on any atom is 0.307 e. The maximum atomic E-state index is 12.2. The lowest BCUT2D eigenvalue weighted by Gasteiger charge is -2.46. The number of nitrogens with one attached hydrogen (secondary N) is 1. The van der Waals surface area contributed by atoms with Crippen molar-refractivity contribution in [1.82, 2.24) is 10.3 Å². The molecule has 0 saturated heterocycles. The Balaban J connectivity index is 2.11. The number of hydrogen-bond donors (Lipinski definition) is 2. The summed E-state index contributed by atoms with van der Waals surface area (Å²) in [5.74, 6) is -1.15. The van der Waals surface area contributed by atoms with Gasteiger partial charge < -0.3 is 14.8 Å². The summed E-state index contributed by atoms with van der Waals surface area (Å²) in [4.78, 5) is 27.5. The third-order valence-corrected chi connectivity index (χ3v) is 5.01. The third kappa shape index (κ3) is 2.80. The topological polar surface area (TPSA) is 92.4 Å². The molecule has 3 unspecified atom stereocenters. The minimum atomic E-state index is -0.761. The fraction of sp³-hybridized carbons (Fsp3) is 0.667. The SMILES string of the molecule is Cc1ncoc1C(=O)NC1CCC(C(=O)O)C(C)(C)C1C. The van der Waals surface area contributed by atoms with Crippen LogP contribution in [-0.4, -0.2) is 28.0 Å². The number of aromatic nitrogens is 1. The van der Waals surface area contributed by atoms with E-state index in [1.165, 1.54) is 6.39 Å². The first-order valence-corrected chi connectivity index (χ1v) is 7.19. The average molecular weight is 294 g/mol. The van der Waals surface area contributed by atoms with Gasteiger partial charge in [-0.3, -0.25) is 9.59 Å². The maximum absolute atomic E-state index is 12.2. The molecule has 1 amide bonds. The molecule has 1 aliphatic carbocycles. The summed E-state index contributed by atoms with van der Waals surface area (Å²) in [6.45, 7) is 7.61. The summed E-state index contributed by atoms with van der Waals surface area (Å²) < 4.78 is 5.10. The van der Waals surface area contributed by atoms with Crippen LogP contribution in [-0.2, 0) is 4.79 Å². The van der Waals surface area contributed by atoms with Crippen molar-refractivity contribution in [2.45, 2.75) is 46.6 Å².